The Kier molecular flexibility index (Phi) is 5.82. The molecule has 0 spiro atoms. The van der Waals surface area contributed by atoms with Crippen LogP contribution in [0.4, 0.5) is 0 Å². The number of hydrogen-bond donors (Lipinski definition) is 1. The van der Waals surface area contributed by atoms with Crippen molar-refractivity contribution in [2.75, 3.05) is 5.75 Å². The van der Waals surface area contributed by atoms with Gasteiger partial charge in [0.05, 0.1) is 5.75 Å². The molecule has 5 heteroatoms. The Morgan fingerprint density at radius 3 is 2.54 bits per heavy atom. The summed E-state index contributed by atoms with van der Waals surface area (Å²) in [7, 11) is 1.59. The van der Waals surface area contributed by atoms with Crippen molar-refractivity contribution < 1.29 is 8.42 Å². The van der Waals surface area contributed by atoms with Crippen LogP contribution in [0.5, 0.6) is 0 Å². The second kappa shape index (κ2) is 6.05. The highest BCUT2D eigenvalue weighted by Gasteiger charge is 1.98. The molecule has 0 aromatic rings. The minimum absolute atomic E-state index is 0.131. The Hall–Kier alpha value is -0.480. The molecular weight excluding hydrogens is 210 g/mol. The van der Waals surface area contributed by atoms with Gasteiger partial charge in [-0.05, 0) is 12.8 Å². The molecule has 3 nitrogen and oxygen atoms in total. The van der Waals surface area contributed by atoms with Gasteiger partial charge in [-0.1, -0.05) is 25.2 Å². The fourth-order valence-electron chi connectivity index (χ4n) is 0.643. The molecular formula is C8H14ClNO2S. The molecule has 0 aromatic carbocycles. The zero-order valence-corrected chi connectivity index (χ0v) is 9.11. The molecule has 76 valence electrons. The molecule has 0 saturated heterocycles. The van der Waals surface area contributed by atoms with Crippen molar-refractivity contribution >= 4 is 19.7 Å². The lowest BCUT2D eigenvalue weighted by Gasteiger charge is -1.91. The summed E-state index contributed by atoms with van der Waals surface area (Å²) in [6.45, 7) is 1.96. The topological polar surface area (TPSA) is 60.2 Å². The third-order valence-electron chi connectivity index (χ3n) is 1.39. The van der Waals surface area contributed by atoms with Crippen LogP contribution in [-0.2, 0) is 9.05 Å². The fourth-order valence-corrected chi connectivity index (χ4v) is 1.23. The predicted molar refractivity (Wildman–Crippen MR) is 56.0 cm³/mol. The van der Waals surface area contributed by atoms with Crippen molar-refractivity contribution in [1.82, 2.24) is 0 Å². The molecule has 0 saturated carbocycles. The normalized spacial score (nSPS) is 13.8. The molecule has 0 fully saturated rings. The molecule has 0 rings (SSSR count). The van der Waals surface area contributed by atoms with Crippen molar-refractivity contribution in [2.24, 2.45) is 5.73 Å². The van der Waals surface area contributed by atoms with Crippen LogP contribution in [-0.4, -0.2) is 14.2 Å². The highest BCUT2D eigenvalue weighted by Crippen LogP contribution is 1.98. The van der Waals surface area contributed by atoms with Crippen molar-refractivity contribution in [3.63, 3.8) is 0 Å². The highest BCUT2D eigenvalue weighted by atomic mass is 35.7. The van der Waals surface area contributed by atoms with E-state index in [9.17, 15) is 8.42 Å². The van der Waals surface area contributed by atoms with Crippen LogP contribution in [0.15, 0.2) is 23.9 Å². The number of rotatable bonds is 5. The molecule has 0 atom stereocenters. The summed E-state index contributed by atoms with van der Waals surface area (Å²) < 4.78 is 20.9. The third kappa shape index (κ3) is 9.43. The van der Waals surface area contributed by atoms with Gasteiger partial charge in [-0.25, -0.2) is 8.42 Å². The van der Waals surface area contributed by atoms with E-state index in [0.717, 1.165) is 12.1 Å². The number of halogens is 1. The summed E-state index contributed by atoms with van der Waals surface area (Å²) in [5.74, 6) is -0.131. The quantitative estimate of drug-likeness (QED) is 0.571. The van der Waals surface area contributed by atoms with Crippen molar-refractivity contribution in [3.8, 4) is 0 Å². The lowest BCUT2D eigenvalue weighted by molar-refractivity contribution is 0.612. The maximum Gasteiger partial charge on any atom is 0.236 e. The predicted octanol–water partition coefficient (Wildman–Crippen LogP) is 1.75. The lowest BCUT2D eigenvalue weighted by atomic mass is 10.3. The van der Waals surface area contributed by atoms with Gasteiger partial charge < -0.3 is 5.73 Å². The van der Waals surface area contributed by atoms with E-state index < -0.39 is 9.05 Å². The average molecular weight is 224 g/mol. The third-order valence-corrected chi connectivity index (χ3v) is 2.35. The van der Waals surface area contributed by atoms with Gasteiger partial charge in [-0.2, -0.15) is 0 Å². The van der Waals surface area contributed by atoms with Crippen LogP contribution in [0.3, 0.4) is 0 Å². The Labute approximate surface area is 83.7 Å². The van der Waals surface area contributed by atoms with Crippen LogP contribution in [0, 0.1) is 0 Å². The largest absolute Gasteiger partial charge is 0.402 e. The minimum atomic E-state index is -3.40. The summed E-state index contributed by atoms with van der Waals surface area (Å²) in [5.41, 5.74) is 6.33. The van der Waals surface area contributed by atoms with Crippen molar-refractivity contribution in [1.29, 1.82) is 0 Å². The highest BCUT2D eigenvalue weighted by molar-refractivity contribution is 8.13. The molecule has 0 aliphatic rings. The number of nitrogens with two attached hydrogens (primary N) is 1. The van der Waals surface area contributed by atoms with Crippen LogP contribution < -0.4 is 5.73 Å². The van der Waals surface area contributed by atoms with Crippen LogP contribution in [0.2, 0.25) is 0 Å². The smallest absolute Gasteiger partial charge is 0.236 e. The molecule has 0 radical (unpaired) electrons. The van der Waals surface area contributed by atoms with Gasteiger partial charge in [0.2, 0.25) is 9.05 Å². The van der Waals surface area contributed by atoms with Gasteiger partial charge in [0.15, 0.2) is 0 Å². The molecule has 2 N–H and O–H groups in total. The second-order valence-corrected chi connectivity index (χ2v) is 5.37. The molecule has 0 aromatic heterocycles. The van der Waals surface area contributed by atoms with Crippen LogP contribution >= 0.6 is 10.7 Å². The SMILES string of the molecule is CC/C(N)=C/C/C=C\CS(=O)(=O)Cl. The molecule has 0 bridgehead atoms. The Morgan fingerprint density at radius 2 is 2.08 bits per heavy atom. The Morgan fingerprint density at radius 1 is 1.46 bits per heavy atom. The number of hydrogen-bond acceptors (Lipinski definition) is 3. The Bertz CT molecular complexity index is 293. The summed E-state index contributed by atoms with van der Waals surface area (Å²) in [6.07, 6.45) is 6.54. The average Bonchev–Trinajstić information content (AvgIpc) is 2.01. The first kappa shape index (κ1) is 12.5. The van der Waals surface area contributed by atoms with Gasteiger partial charge in [0.25, 0.3) is 0 Å². The van der Waals surface area contributed by atoms with Crippen molar-refractivity contribution in [3.05, 3.63) is 23.9 Å². The minimum Gasteiger partial charge on any atom is -0.402 e. The van der Waals surface area contributed by atoms with Crippen molar-refractivity contribution in [2.45, 2.75) is 19.8 Å². The first-order valence-corrected chi connectivity index (χ1v) is 6.45. The van der Waals surface area contributed by atoms with Gasteiger partial charge in [-0.3, -0.25) is 0 Å². The molecule has 0 heterocycles. The summed E-state index contributed by atoms with van der Waals surface area (Å²) in [5, 5.41) is 0. The standard InChI is InChI=1S/C8H14ClNO2S/c1-2-8(10)6-4-3-5-7-13(9,11)12/h3,5-6H,2,4,7,10H2,1H3/b5-3-,8-6-. The first-order valence-electron chi connectivity index (χ1n) is 3.97. The van der Waals surface area contributed by atoms with E-state index in [1.807, 2.05) is 13.0 Å². The van der Waals surface area contributed by atoms with E-state index in [-0.39, 0.29) is 5.75 Å². The second-order valence-electron chi connectivity index (χ2n) is 2.55. The van der Waals surface area contributed by atoms with E-state index in [2.05, 4.69) is 0 Å². The van der Waals surface area contributed by atoms with E-state index in [0.29, 0.717) is 6.42 Å². The maximum absolute atomic E-state index is 10.5. The number of allylic oxidation sites excluding steroid dienone is 3. The monoisotopic (exact) mass is 223 g/mol. The van der Waals surface area contributed by atoms with Gasteiger partial charge in [0.1, 0.15) is 0 Å². The summed E-state index contributed by atoms with van der Waals surface area (Å²) >= 11 is 0. The van der Waals surface area contributed by atoms with Crippen LogP contribution in [0.25, 0.3) is 0 Å². The molecule has 13 heavy (non-hydrogen) atoms. The lowest BCUT2D eigenvalue weighted by Crippen LogP contribution is -1.94. The zero-order chi connectivity index (χ0) is 10.3. The summed E-state index contributed by atoms with van der Waals surface area (Å²) in [6, 6.07) is 0. The van der Waals surface area contributed by atoms with Gasteiger partial charge in [0, 0.05) is 16.4 Å². The molecule has 0 aliphatic carbocycles. The Balaban J connectivity index is 3.78. The summed E-state index contributed by atoms with van der Waals surface area (Å²) in [4.78, 5) is 0. The van der Waals surface area contributed by atoms with E-state index >= 15 is 0 Å². The zero-order valence-electron chi connectivity index (χ0n) is 7.53. The molecule has 0 amide bonds. The van der Waals surface area contributed by atoms with E-state index in [1.165, 1.54) is 6.08 Å². The molecule has 0 unspecified atom stereocenters. The van der Waals surface area contributed by atoms with E-state index in [1.54, 1.807) is 6.08 Å². The fraction of sp³-hybridized carbons (Fsp3) is 0.500. The molecule has 0 aliphatic heterocycles. The first-order chi connectivity index (χ1) is 5.95. The van der Waals surface area contributed by atoms with Gasteiger partial charge in [-0.15, -0.1) is 0 Å². The van der Waals surface area contributed by atoms with Gasteiger partial charge >= 0.3 is 0 Å². The van der Waals surface area contributed by atoms with Crippen LogP contribution in [0.1, 0.15) is 19.8 Å². The van der Waals surface area contributed by atoms with E-state index in [4.69, 9.17) is 16.4 Å². The maximum atomic E-state index is 10.5.